The number of hydrogen-bond acceptors (Lipinski definition) is 4. The van der Waals surface area contributed by atoms with Crippen molar-refractivity contribution in [3.63, 3.8) is 0 Å². The van der Waals surface area contributed by atoms with Gasteiger partial charge in [-0.3, -0.25) is 4.90 Å². The van der Waals surface area contributed by atoms with Gasteiger partial charge in [-0.25, -0.2) is 14.8 Å². The van der Waals surface area contributed by atoms with Gasteiger partial charge in [-0.15, -0.1) is 0 Å². The molecule has 0 spiro atoms. The zero-order chi connectivity index (χ0) is 16.1. The first-order valence-corrected chi connectivity index (χ1v) is 7.88. The first kappa shape index (κ1) is 15.3. The van der Waals surface area contributed by atoms with Crippen LogP contribution in [0.4, 0.5) is 10.6 Å². The van der Waals surface area contributed by atoms with E-state index in [0.717, 1.165) is 18.7 Å². The average molecular weight is 325 g/mol. The van der Waals surface area contributed by atoms with Crippen LogP contribution in [0.1, 0.15) is 33.6 Å². The molecule has 0 aliphatic carbocycles. The Balaban J connectivity index is 2.00. The highest BCUT2D eigenvalue weighted by Crippen LogP contribution is 2.49. The summed E-state index contributed by atoms with van der Waals surface area (Å²) in [5, 5.41) is 9.93. The summed E-state index contributed by atoms with van der Waals surface area (Å²) in [6, 6.07) is 1.83. The van der Waals surface area contributed by atoms with Gasteiger partial charge in [0, 0.05) is 19.3 Å². The molecule has 3 rings (SSSR count). The average Bonchev–Trinajstić information content (AvgIpc) is 2.67. The van der Waals surface area contributed by atoms with E-state index in [-0.39, 0.29) is 16.7 Å². The van der Waals surface area contributed by atoms with Gasteiger partial charge >= 0.3 is 6.09 Å². The lowest BCUT2D eigenvalue weighted by Gasteiger charge is -2.54. The molecule has 120 valence electrons. The number of aromatic nitrogens is 2. The predicted molar refractivity (Wildman–Crippen MR) is 84.3 cm³/mol. The maximum absolute atomic E-state index is 11.8. The summed E-state index contributed by atoms with van der Waals surface area (Å²) >= 11 is 5.90. The molecule has 1 N–H and O–H groups in total. The van der Waals surface area contributed by atoms with E-state index in [1.807, 2.05) is 6.07 Å². The number of fused-ring (bicyclic) bond motifs is 2. The molecular formula is C15H21ClN4O2. The van der Waals surface area contributed by atoms with Crippen molar-refractivity contribution in [3.05, 3.63) is 17.5 Å². The molecule has 2 bridgehead atoms. The molecule has 3 heterocycles. The van der Waals surface area contributed by atoms with E-state index < -0.39 is 11.6 Å². The number of piperazine rings is 1. The molecule has 1 aromatic heterocycles. The van der Waals surface area contributed by atoms with Gasteiger partial charge in [-0.05, 0) is 35.9 Å². The normalized spacial score (nSPS) is 28.1. The fraction of sp³-hybridized carbons (Fsp3) is 0.667. The summed E-state index contributed by atoms with van der Waals surface area (Å²) < 4.78 is 0. The van der Waals surface area contributed by atoms with Gasteiger partial charge in [0.1, 0.15) is 5.82 Å². The van der Waals surface area contributed by atoms with Crippen molar-refractivity contribution >= 4 is 23.5 Å². The van der Waals surface area contributed by atoms with Gasteiger partial charge in [0.25, 0.3) is 0 Å². The number of hydrogen-bond donors (Lipinski definition) is 1. The Labute approximate surface area is 135 Å². The van der Waals surface area contributed by atoms with Crippen molar-refractivity contribution in [3.8, 4) is 0 Å². The maximum atomic E-state index is 11.8. The number of anilines is 1. The summed E-state index contributed by atoms with van der Waals surface area (Å²) in [5.41, 5.74) is -0.561. The van der Waals surface area contributed by atoms with E-state index in [1.54, 1.807) is 11.1 Å². The predicted octanol–water partition coefficient (Wildman–Crippen LogP) is 2.88. The Bertz CT molecular complexity index is 603. The van der Waals surface area contributed by atoms with Crippen molar-refractivity contribution in [1.29, 1.82) is 0 Å². The number of amides is 1. The van der Waals surface area contributed by atoms with E-state index in [9.17, 15) is 9.90 Å². The third kappa shape index (κ3) is 2.20. The van der Waals surface area contributed by atoms with Crippen LogP contribution in [0, 0.1) is 5.41 Å². The van der Waals surface area contributed by atoms with Gasteiger partial charge in [0.05, 0.1) is 11.6 Å². The Morgan fingerprint density at radius 3 is 2.82 bits per heavy atom. The highest BCUT2D eigenvalue weighted by molar-refractivity contribution is 6.28. The lowest BCUT2D eigenvalue weighted by atomic mass is 9.71. The van der Waals surface area contributed by atoms with E-state index in [0.29, 0.717) is 13.1 Å². The fourth-order valence-electron chi connectivity index (χ4n) is 3.96. The molecular weight excluding hydrogens is 304 g/mol. The van der Waals surface area contributed by atoms with Crippen LogP contribution < -0.4 is 4.90 Å². The van der Waals surface area contributed by atoms with Crippen LogP contribution in [-0.4, -0.2) is 50.7 Å². The molecule has 1 aromatic rings. The van der Waals surface area contributed by atoms with Gasteiger partial charge < -0.3 is 10.0 Å². The highest BCUT2D eigenvalue weighted by Gasteiger charge is 2.59. The van der Waals surface area contributed by atoms with Gasteiger partial charge in [-0.1, -0.05) is 20.8 Å². The first-order valence-electron chi connectivity index (χ1n) is 7.50. The van der Waals surface area contributed by atoms with Crippen molar-refractivity contribution in [2.45, 2.75) is 45.2 Å². The summed E-state index contributed by atoms with van der Waals surface area (Å²) in [5.74, 6) is 0.769. The van der Waals surface area contributed by atoms with E-state index in [4.69, 9.17) is 11.6 Å². The van der Waals surface area contributed by atoms with Crippen LogP contribution in [0.5, 0.6) is 0 Å². The van der Waals surface area contributed by atoms with Gasteiger partial charge in [-0.2, -0.15) is 0 Å². The van der Waals surface area contributed by atoms with E-state index in [1.165, 1.54) is 0 Å². The van der Waals surface area contributed by atoms with E-state index in [2.05, 4.69) is 35.6 Å². The molecule has 6 nitrogen and oxygen atoms in total. The second-order valence-electron chi connectivity index (χ2n) is 7.19. The second-order valence-corrected chi connectivity index (χ2v) is 7.53. The summed E-state index contributed by atoms with van der Waals surface area (Å²) in [6.07, 6.45) is 2.58. The lowest BCUT2D eigenvalue weighted by Crippen LogP contribution is -2.68. The van der Waals surface area contributed by atoms with Crippen molar-refractivity contribution in [2.24, 2.45) is 5.41 Å². The minimum absolute atomic E-state index is 0.000726. The third-order valence-electron chi connectivity index (χ3n) is 5.14. The Hall–Kier alpha value is -1.56. The molecule has 2 aliphatic rings. The minimum Gasteiger partial charge on any atom is -0.465 e. The summed E-state index contributed by atoms with van der Waals surface area (Å²) in [6.45, 7) is 7.62. The minimum atomic E-state index is -0.821. The molecule has 0 saturated carbocycles. The molecule has 1 amide bonds. The Morgan fingerprint density at radius 1 is 1.50 bits per heavy atom. The number of nitrogens with zero attached hydrogens (tertiary/aromatic N) is 4. The number of rotatable bonds is 1. The van der Waals surface area contributed by atoms with Crippen LogP contribution in [0.3, 0.4) is 0 Å². The number of carboxylic acid groups (broad SMARTS) is 1. The van der Waals surface area contributed by atoms with Crippen molar-refractivity contribution < 1.29 is 9.90 Å². The topological polar surface area (TPSA) is 69.6 Å². The maximum Gasteiger partial charge on any atom is 0.408 e. The molecule has 2 atom stereocenters. The summed E-state index contributed by atoms with van der Waals surface area (Å²) in [4.78, 5) is 23.9. The van der Waals surface area contributed by atoms with Crippen molar-refractivity contribution in [2.75, 3.05) is 18.0 Å². The molecule has 0 aromatic carbocycles. The van der Waals surface area contributed by atoms with Crippen LogP contribution in [-0.2, 0) is 0 Å². The Morgan fingerprint density at radius 2 is 2.23 bits per heavy atom. The Kier molecular flexibility index (Phi) is 3.47. The third-order valence-corrected chi connectivity index (χ3v) is 5.32. The molecule has 2 saturated heterocycles. The fourth-order valence-corrected chi connectivity index (χ4v) is 4.10. The second kappa shape index (κ2) is 4.98. The summed E-state index contributed by atoms with van der Waals surface area (Å²) in [7, 11) is 0. The van der Waals surface area contributed by atoms with E-state index >= 15 is 0 Å². The van der Waals surface area contributed by atoms with Crippen LogP contribution in [0.25, 0.3) is 0 Å². The zero-order valence-electron chi connectivity index (χ0n) is 13.1. The molecule has 0 unspecified atom stereocenters. The van der Waals surface area contributed by atoms with Crippen LogP contribution in [0.2, 0.25) is 5.28 Å². The van der Waals surface area contributed by atoms with Gasteiger partial charge in [0.15, 0.2) is 0 Å². The zero-order valence-corrected chi connectivity index (χ0v) is 13.8. The largest absolute Gasteiger partial charge is 0.465 e. The monoisotopic (exact) mass is 324 g/mol. The SMILES string of the molecule is CC(C)(C)[C@]12CC[C@@H](CN(c3ccnc(Cl)n3)C1)N2C(=O)O. The molecule has 2 fully saturated rings. The van der Waals surface area contributed by atoms with Crippen LogP contribution in [0.15, 0.2) is 12.3 Å². The molecule has 0 radical (unpaired) electrons. The molecule has 2 aliphatic heterocycles. The van der Waals surface area contributed by atoms with Gasteiger partial charge in [0.2, 0.25) is 5.28 Å². The smallest absolute Gasteiger partial charge is 0.408 e. The standard InChI is InChI=1S/C15H21ClN4O2/c1-14(2,3)15-6-4-10(20(15)13(21)22)8-19(9-15)11-5-7-17-12(16)18-11/h5,7,10H,4,6,8-9H2,1-3H3,(H,21,22)/t10-,15-/m0/s1. The molecule has 7 heteroatoms. The highest BCUT2D eigenvalue weighted by atomic mass is 35.5. The number of halogens is 1. The lowest BCUT2D eigenvalue weighted by molar-refractivity contribution is 0.00525. The molecule has 22 heavy (non-hydrogen) atoms. The van der Waals surface area contributed by atoms with Crippen molar-refractivity contribution in [1.82, 2.24) is 14.9 Å². The first-order chi connectivity index (χ1) is 10.2. The quantitative estimate of drug-likeness (QED) is 0.804. The number of carbonyl (C=O) groups is 1. The van der Waals surface area contributed by atoms with Crippen LogP contribution >= 0.6 is 11.6 Å².